The van der Waals surface area contributed by atoms with E-state index in [1.165, 1.54) is 5.56 Å². The van der Waals surface area contributed by atoms with Crippen molar-refractivity contribution in [3.8, 4) is 0 Å². The minimum absolute atomic E-state index is 0.430. The van der Waals surface area contributed by atoms with Crippen molar-refractivity contribution in [1.29, 1.82) is 0 Å². The average Bonchev–Trinajstić information content (AvgIpc) is 2.46. The van der Waals surface area contributed by atoms with Gasteiger partial charge in [0.15, 0.2) is 0 Å². The summed E-state index contributed by atoms with van der Waals surface area (Å²) in [4.78, 5) is 0.430. The molecule has 110 valence electrons. The molecule has 2 aromatic rings. The number of ether oxygens (including phenoxy) is 1. The van der Waals surface area contributed by atoms with Gasteiger partial charge in [-0.05, 0) is 48.7 Å². The third kappa shape index (κ3) is 4.03. The van der Waals surface area contributed by atoms with E-state index in [0.717, 1.165) is 28.9 Å². The highest BCUT2D eigenvalue weighted by Gasteiger charge is 2.05. The Kier molecular flexibility index (Phi) is 5.31. The first-order valence-corrected chi connectivity index (χ1v) is 7.27. The van der Waals surface area contributed by atoms with E-state index in [9.17, 15) is 0 Å². The molecule has 0 saturated heterocycles. The van der Waals surface area contributed by atoms with Gasteiger partial charge >= 0.3 is 0 Å². The van der Waals surface area contributed by atoms with E-state index in [1.54, 1.807) is 7.11 Å². The van der Waals surface area contributed by atoms with Crippen LogP contribution in [0.15, 0.2) is 42.5 Å². The first kappa shape index (κ1) is 15.5. The van der Waals surface area contributed by atoms with E-state index >= 15 is 0 Å². The Morgan fingerprint density at radius 3 is 2.67 bits per heavy atom. The van der Waals surface area contributed by atoms with Crippen LogP contribution in [0.5, 0.6) is 0 Å². The van der Waals surface area contributed by atoms with Crippen LogP contribution < -0.4 is 11.1 Å². The summed E-state index contributed by atoms with van der Waals surface area (Å²) in [5.74, 6) is 0. The number of rotatable bonds is 6. The molecule has 21 heavy (non-hydrogen) atoms. The number of nitrogens with two attached hydrogens (primary N) is 1. The Morgan fingerprint density at radius 2 is 2.00 bits per heavy atom. The van der Waals surface area contributed by atoms with Crippen LogP contribution in [0.2, 0.25) is 0 Å². The third-order valence-electron chi connectivity index (χ3n) is 3.36. The van der Waals surface area contributed by atoms with Gasteiger partial charge in [-0.25, -0.2) is 0 Å². The van der Waals surface area contributed by atoms with Gasteiger partial charge < -0.3 is 15.8 Å². The fraction of sp³-hybridized carbons (Fsp3) is 0.235. The highest BCUT2D eigenvalue weighted by molar-refractivity contribution is 7.80. The molecule has 0 aromatic heterocycles. The summed E-state index contributed by atoms with van der Waals surface area (Å²) < 4.78 is 5.16. The summed E-state index contributed by atoms with van der Waals surface area (Å²) in [7, 11) is 1.72. The summed E-state index contributed by atoms with van der Waals surface area (Å²) in [5, 5.41) is 3.45. The number of anilines is 2. The van der Waals surface area contributed by atoms with Crippen molar-refractivity contribution in [2.45, 2.75) is 13.3 Å². The SMILES string of the molecule is COCCc1ccccc1Nc1ccc(C(N)=S)c(C)c1. The smallest absolute Gasteiger partial charge is 0.104 e. The Morgan fingerprint density at radius 1 is 1.24 bits per heavy atom. The van der Waals surface area contributed by atoms with Crippen LogP contribution >= 0.6 is 12.2 Å². The second-order valence-electron chi connectivity index (χ2n) is 4.92. The maximum Gasteiger partial charge on any atom is 0.104 e. The van der Waals surface area contributed by atoms with Crippen molar-refractivity contribution in [2.24, 2.45) is 5.73 Å². The molecule has 0 bridgehead atoms. The van der Waals surface area contributed by atoms with Crippen LogP contribution in [0.25, 0.3) is 0 Å². The van der Waals surface area contributed by atoms with Gasteiger partial charge in [0.2, 0.25) is 0 Å². The predicted molar refractivity (Wildman–Crippen MR) is 92.4 cm³/mol. The number of benzene rings is 2. The van der Waals surface area contributed by atoms with E-state index in [0.29, 0.717) is 11.6 Å². The molecule has 2 aromatic carbocycles. The van der Waals surface area contributed by atoms with Crippen LogP contribution in [0.4, 0.5) is 11.4 Å². The van der Waals surface area contributed by atoms with Gasteiger partial charge in [0.05, 0.1) is 6.61 Å². The molecule has 3 nitrogen and oxygen atoms in total. The van der Waals surface area contributed by atoms with Gasteiger partial charge in [0, 0.05) is 24.0 Å². The monoisotopic (exact) mass is 300 g/mol. The van der Waals surface area contributed by atoms with Gasteiger partial charge in [-0.2, -0.15) is 0 Å². The standard InChI is InChI=1S/C17H20N2OS/c1-12-11-14(7-8-15(12)17(18)21)19-16-6-4-3-5-13(16)9-10-20-2/h3-8,11,19H,9-10H2,1-2H3,(H2,18,21). The van der Waals surface area contributed by atoms with Crippen LogP contribution in [0.1, 0.15) is 16.7 Å². The summed E-state index contributed by atoms with van der Waals surface area (Å²) >= 11 is 5.03. The molecule has 0 spiro atoms. The molecule has 0 aliphatic heterocycles. The number of hydrogen-bond acceptors (Lipinski definition) is 3. The van der Waals surface area contributed by atoms with Gasteiger partial charge in [0.25, 0.3) is 0 Å². The van der Waals surface area contributed by atoms with E-state index in [1.807, 2.05) is 31.2 Å². The molecule has 0 amide bonds. The molecule has 0 unspecified atom stereocenters. The van der Waals surface area contributed by atoms with Crippen molar-refractivity contribution < 1.29 is 4.74 Å². The van der Waals surface area contributed by atoms with Gasteiger partial charge in [-0.1, -0.05) is 30.4 Å². The molecule has 4 heteroatoms. The topological polar surface area (TPSA) is 47.3 Å². The third-order valence-corrected chi connectivity index (χ3v) is 3.58. The lowest BCUT2D eigenvalue weighted by atomic mass is 10.1. The first-order valence-electron chi connectivity index (χ1n) is 6.86. The molecular formula is C17H20N2OS. The Bertz CT molecular complexity index is 640. The number of para-hydroxylation sites is 1. The van der Waals surface area contributed by atoms with Crippen LogP contribution in [-0.2, 0) is 11.2 Å². The number of thiocarbonyl (C=S) groups is 1. The molecule has 0 aliphatic carbocycles. The van der Waals surface area contributed by atoms with Crippen molar-refractivity contribution in [3.05, 3.63) is 59.2 Å². The molecule has 0 heterocycles. The molecule has 0 saturated carbocycles. The molecular weight excluding hydrogens is 280 g/mol. The van der Waals surface area contributed by atoms with Crippen molar-refractivity contribution in [1.82, 2.24) is 0 Å². The predicted octanol–water partition coefficient (Wildman–Crippen LogP) is 3.56. The number of hydrogen-bond donors (Lipinski definition) is 2. The maximum atomic E-state index is 5.69. The molecule has 0 radical (unpaired) electrons. The Labute approximate surface area is 131 Å². The second kappa shape index (κ2) is 7.20. The first-order chi connectivity index (χ1) is 10.1. The average molecular weight is 300 g/mol. The second-order valence-corrected chi connectivity index (χ2v) is 5.36. The fourth-order valence-electron chi connectivity index (χ4n) is 2.25. The van der Waals surface area contributed by atoms with Gasteiger partial charge in [0.1, 0.15) is 4.99 Å². The van der Waals surface area contributed by atoms with Gasteiger partial charge in [-0.15, -0.1) is 0 Å². The molecule has 3 N–H and O–H groups in total. The zero-order valence-electron chi connectivity index (χ0n) is 12.3. The molecule has 2 rings (SSSR count). The lowest BCUT2D eigenvalue weighted by molar-refractivity contribution is 0.202. The van der Waals surface area contributed by atoms with Crippen molar-refractivity contribution in [2.75, 3.05) is 19.0 Å². The zero-order chi connectivity index (χ0) is 15.2. The normalized spacial score (nSPS) is 10.4. The number of aryl methyl sites for hydroxylation is 1. The van der Waals surface area contributed by atoms with E-state index in [4.69, 9.17) is 22.7 Å². The van der Waals surface area contributed by atoms with Crippen molar-refractivity contribution in [3.63, 3.8) is 0 Å². The Hall–Kier alpha value is -1.91. The largest absolute Gasteiger partial charge is 0.389 e. The zero-order valence-corrected chi connectivity index (χ0v) is 13.2. The summed E-state index contributed by atoms with van der Waals surface area (Å²) in [6.07, 6.45) is 0.879. The lowest BCUT2D eigenvalue weighted by Gasteiger charge is -2.13. The van der Waals surface area contributed by atoms with Crippen LogP contribution in [0, 0.1) is 6.92 Å². The fourth-order valence-corrected chi connectivity index (χ4v) is 2.47. The van der Waals surface area contributed by atoms with Crippen LogP contribution in [-0.4, -0.2) is 18.7 Å². The number of nitrogens with one attached hydrogen (secondary N) is 1. The van der Waals surface area contributed by atoms with Crippen molar-refractivity contribution >= 4 is 28.6 Å². The van der Waals surface area contributed by atoms with Crippen LogP contribution in [0.3, 0.4) is 0 Å². The minimum Gasteiger partial charge on any atom is -0.389 e. The maximum absolute atomic E-state index is 5.69. The molecule has 0 fully saturated rings. The lowest BCUT2D eigenvalue weighted by Crippen LogP contribution is -2.11. The summed E-state index contributed by atoms with van der Waals surface area (Å²) in [6, 6.07) is 14.2. The molecule has 0 aliphatic rings. The minimum atomic E-state index is 0.430. The highest BCUT2D eigenvalue weighted by atomic mass is 32.1. The van der Waals surface area contributed by atoms with Gasteiger partial charge in [-0.3, -0.25) is 0 Å². The quantitative estimate of drug-likeness (QED) is 0.801. The molecule has 0 atom stereocenters. The summed E-state index contributed by atoms with van der Waals surface area (Å²) in [6.45, 7) is 2.72. The Balaban J connectivity index is 2.22. The van der Waals surface area contributed by atoms with E-state index in [-0.39, 0.29) is 0 Å². The van der Waals surface area contributed by atoms with E-state index < -0.39 is 0 Å². The number of methoxy groups -OCH3 is 1. The highest BCUT2D eigenvalue weighted by Crippen LogP contribution is 2.23. The van der Waals surface area contributed by atoms with E-state index in [2.05, 4.69) is 23.5 Å². The summed E-state index contributed by atoms with van der Waals surface area (Å²) in [5.41, 5.74) is 11.0.